The molecule has 0 N–H and O–H groups in total. The van der Waals surface area contributed by atoms with Crippen molar-refractivity contribution in [1.82, 2.24) is 0 Å². The van der Waals surface area contributed by atoms with Crippen LogP contribution in [0.1, 0.15) is 84.8 Å². The first-order valence-corrected chi connectivity index (χ1v) is 13.4. The van der Waals surface area contributed by atoms with Crippen LogP contribution in [-0.4, -0.2) is 18.6 Å². The second kappa shape index (κ2) is 6.94. The van der Waals surface area contributed by atoms with E-state index in [9.17, 15) is 0 Å². The van der Waals surface area contributed by atoms with E-state index in [-0.39, 0.29) is 10.8 Å². The molecule has 1 fully saturated rings. The third-order valence-corrected chi connectivity index (χ3v) is 8.76. The van der Waals surface area contributed by atoms with Gasteiger partial charge < -0.3 is 5.09 Å². The number of hydrogen-bond acceptors (Lipinski definition) is 0. The van der Waals surface area contributed by atoms with Gasteiger partial charge in [-0.1, -0.05) is 110 Å². The summed E-state index contributed by atoms with van der Waals surface area (Å²) in [5.74, 6) is 0.972. The van der Waals surface area contributed by atoms with E-state index in [1.807, 2.05) is 0 Å². The molecule has 0 amide bonds. The Labute approximate surface area is 173 Å². The third kappa shape index (κ3) is 3.68. The molecule has 3 rings (SSSR count). The summed E-state index contributed by atoms with van der Waals surface area (Å²) in [4.78, 5) is 0. The summed E-state index contributed by atoms with van der Waals surface area (Å²) in [6.45, 7) is 23.5. The van der Waals surface area contributed by atoms with Crippen molar-refractivity contribution in [1.29, 1.82) is 0 Å². The Morgan fingerprint density at radius 1 is 0.821 bits per heavy atom. The van der Waals surface area contributed by atoms with Gasteiger partial charge in [-0.3, -0.25) is 0 Å². The smallest absolute Gasteiger partial charge is 0.00921 e. The molecular formula is C26H39NP-. The van der Waals surface area contributed by atoms with Crippen LogP contribution in [0.25, 0.3) is 5.09 Å². The molecule has 28 heavy (non-hydrogen) atoms. The van der Waals surface area contributed by atoms with Gasteiger partial charge in [-0.25, -0.2) is 0 Å². The SMILES string of the molecule is CC(C)c1cccc(C(C)C)c1[N-]P(C)(C)=C1C=C2C(=C1)C(C)(C)CC2(C)C. The maximum Gasteiger partial charge on any atom is -0.00921 e. The Hall–Kier alpha value is -1.20. The van der Waals surface area contributed by atoms with Gasteiger partial charge in [-0.05, 0) is 45.5 Å². The van der Waals surface area contributed by atoms with Crippen molar-refractivity contribution >= 4 is 18.0 Å². The van der Waals surface area contributed by atoms with Crippen LogP contribution in [0.4, 0.5) is 5.69 Å². The first kappa shape index (κ1) is 21.5. The minimum Gasteiger partial charge on any atom is -0.659 e. The Morgan fingerprint density at radius 3 is 1.64 bits per heavy atom. The van der Waals surface area contributed by atoms with Crippen LogP contribution in [0.5, 0.6) is 0 Å². The summed E-state index contributed by atoms with van der Waals surface area (Å²) in [6, 6.07) is 6.75. The van der Waals surface area contributed by atoms with Gasteiger partial charge >= 0.3 is 0 Å². The van der Waals surface area contributed by atoms with E-state index in [4.69, 9.17) is 5.09 Å². The van der Waals surface area contributed by atoms with Gasteiger partial charge in [0.1, 0.15) is 0 Å². The van der Waals surface area contributed by atoms with E-state index in [1.165, 1.54) is 28.5 Å². The molecule has 0 radical (unpaired) electrons. The molecule has 1 nitrogen and oxygen atoms in total. The fourth-order valence-electron chi connectivity index (χ4n) is 5.16. The molecule has 1 saturated carbocycles. The van der Waals surface area contributed by atoms with E-state index >= 15 is 0 Å². The second-order valence-corrected chi connectivity index (χ2v) is 14.6. The van der Waals surface area contributed by atoms with Crippen molar-refractivity contribution in [2.45, 2.75) is 73.6 Å². The lowest BCUT2D eigenvalue weighted by Gasteiger charge is -2.41. The number of benzene rings is 1. The lowest BCUT2D eigenvalue weighted by Crippen LogP contribution is -2.12. The van der Waals surface area contributed by atoms with Crippen molar-refractivity contribution in [3.63, 3.8) is 0 Å². The van der Waals surface area contributed by atoms with Crippen LogP contribution in [0.3, 0.4) is 0 Å². The predicted octanol–water partition coefficient (Wildman–Crippen LogP) is 8.63. The molecule has 0 aromatic heterocycles. The Bertz CT molecular complexity index is 842. The van der Waals surface area contributed by atoms with Gasteiger partial charge in [0, 0.05) is 0 Å². The van der Waals surface area contributed by atoms with E-state index in [2.05, 4.69) is 99.1 Å². The van der Waals surface area contributed by atoms with E-state index in [0.29, 0.717) is 11.8 Å². The Balaban J connectivity index is 2.14. The molecule has 0 heterocycles. The number of nitrogens with zero attached hydrogens (tertiary/aromatic N) is 1. The van der Waals surface area contributed by atoms with Crippen LogP contribution in [0, 0.1) is 10.8 Å². The molecule has 154 valence electrons. The van der Waals surface area contributed by atoms with Crippen LogP contribution >= 0.6 is 7.04 Å². The average Bonchev–Trinajstić information content (AvgIpc) is 3.07. The van der Waals surface area contributed by atoms with Gasteiger partial charge in [0.25, 0.3) is 0 Å². The largest absolute Gasteiger partial charge is 0.659 e. The standard InChI is InChI=1S/C26H39NP/c1-17(2)20-12-11-13-21(18(3)4)24(20)27-28(9,10)19-14-22-23(15-19)26(7,8)16-25(22,5)6/h11-15,17-18H,16H2,1-10H3/q-1. The van der Waals surface area contributed by atoms with Crippen molar-refractivity contribution in [3.05, 3.63) is 57.7 Å². The Kier molecular flexibility index (Phi) is 5.33. The number of hydrogen-bond donors (Lipinski definition) is 0. The maximum absolute atomic E-state index is 5.52. The first-order valence-electron chi connectivity index (χ1n) is 10.8. The summed E-state index contributed by atoms with van der Waals surface area (Å²) < 4.78 is 0. The fourth-order valence-corrected chi connectivity index (χ4v) is 6.90. The molecule has 0 spiro atoms. The van der Waals surface area contributed by atoms with Gasteiger partial charge in [-0.2, -0.15) is 7.04 Å². The lowest BCUT2D eigenvalue weighted by molar-refractivity contribution is 0.338. The maximum atomic E-state index is 5.52. The molecule has 2 aliphatic carbocycles. The highest BCUT2D eigenvalue weighted by Gasteiger charge is 2.46. The summed E-state index contributed by atoms with van der Waals surface area (Å²) in [7, 11) is -1.62. The van der Waals surface area contributed by atoms with Crippen molar-refractivity contribution in [2.75, 3.05) is 13.3 Å². The second-order valence-electron chi connectivity index (χ2n) is 11.1. The van der Waals surface area contributed by atoms with Crippen molar-refractivity contribution < 1.29 is 0 Å². The summed E-state index contributed by atoms with van der Waals surface area (Å²) in [6.07, 6.45) is 6.22. The summed E-state index contributed by atoms with van der Waals surface area (Å²) >= 11 is 0. The predicted molar refractivity (Wildman–Crippen MR) is 130 cm³/mol. The van der Waals surface area contributed by atoms with E-state index in [1.54, 1.807) is 11.1 Å². The molecule has 2 heteroatoms. The Morgan fingerprint density at radius 2 is 1.25 bits per heavy atom. The van der Waals surface area contributed by atoms with Crippen LogP contribution in [0.2, 0.25) is 0 Å². The van der Waals surface area contributed by atoms with Gasteiger partial charge in [0.15, 0.2) is 0 Å². The molecule has 0 saturated heterocycles. The normalized spacial score (nSPS) is 20.5. The molecular weight excluding hydrogens is 357 g/mol. The summed E-state index contributed by atoms with van der Waals surface area (Å²) in [5, 5.41) is 6.99. The molecule has 0 unspecified atom stereocenters. The molecule has 0 bridgehead atoms. The fraction of sp³-hybridized carbons (Fsp3) is 0.577. The molecule has 2 aliphatic rings. The zero-order chi connectivity index (χ0) is 21.1. The topological polar surface area (TPSA) is 14.1 Å². The van der Waals surface area contributed by atoms with Gasteiger partial charge in [0.05, 0.1) is 0 Å². The van der Waals surface area contributed by atoms with Crippen LogP contribution in [-0.2, 0) is 0 Å². The van der Waals surface area contributed by atoms with Crippen LogP contribution < -0.4 is 0 Å². The third-order valence-electron chi connectivity index (χ3n) is 6.54. The van der Waals surface area contributed by atoms with E-state index < -0.39 is 7.04 Å². The number of allylic oxidation sites excluding steroid dienone is 4. The highest BCUT2D eigenvalue weighted by atomic mass is 31.2. The number of fused-ring (bicyclic) bond motifs is 1. The van der Waals surface area contributed by atoms with Gasteiger partial charge in [0.2, 0.25) is 0 Å². The summed E-state index contributed by atoms with van der Waals surface area (Å²) in [5.41, 5.74) is 7.66. The lowest BCUT2D eigenvalue weighted by atomic mass is 9.83. The monoisotopic (exact) mass is 396 g/mol. The molecule has 1 aromatic rings. The minimum absolute atomic E-state index is 0.260. The average molecular weight is 397 g/mol. The van der Waals surface area contributed by atoms with Gasteiger partial charge in [-0.15, -0.1) is 5.69 Å². The zero-order valence-corrected chi connectivity index (χ0v) is 20.5. The van der Waals surface area contributed by atoms with E-state index in [0.717, 1.165) is 0 Å². The van der Waals surface area contributed by atoms with Crippen molar-refractivity contribution in [2.24, 2.45) is 10.8 Å². The molecule has 0 atom stereocenters. The molecule has 0 aliphatic heterocycles. The van der Waals surface area contributed by atoms with Crippen molar-refractivity contribution in [3.8, 4) is 0 Å². The first-order chi connectivity index (χ1) is 12.8. The molecule has 1 aromatic carbocycles. The minimum atomic E-state index is -1.62. The zero-order valence-electron chi connectivity index (χ0n) is 19.6. The quantitative estimate of drug-likeness (QED) is 0.452. The highest BCUT2D eigenvalue weighted by Crippen LogP contribution is 2.62. The highest BCUT2D eigenvalue weighted by molar-refractivity contribution is 7.78. The van der Waals surface area contributed by atoms with Crippen LogP contribution in [0.15, 0.2) is 41.5 Å². The number of rotatable bonds is 4.